The molecule has 3 heterocycles. The molecule has 11 nitrogen and oxygen atoms in total. The summed E-state index contributed by atoms with van der Waals surface area (Å²) in [6, 6.07) is 9.00. The molecule has 290 valence electrons. The van der Waals surface area contributed by atoms with E-state index in [0.29, 0.717) is 49.2 Å². The molecule has 3 fully saturated rings. The highest BCUT2D eigenvalue weighted by Gasteiger charge is 2.35. The van der Waals surface area contributed by atoms with E-state index in [4.69, 9.17) is 10.7 Å². The minimum Gasteiger partial charge on any atom is -0.398 e. The number of halogens is 5. The lowest BCUT2D eigenvalue weighted by Gasteiger charge is -2.42. The van der Waals surface area contributed by atoms with Gasteiger partial charge in [-0.25, -0.2) is 13.8 Å². The first-order valence-electron chi connectivity index (χ1n) is 18.0. The maximum atomic E-state index is 15.2. The van der Waals surface area contributed by atoms with Gasteiger partial charge < -0.3 is 31.5 Å². The van der Waals surface area contributed by atoms with E-state index >= 15 is 8.78 Å². The maximum Gasteiger partial charge on any atom is 0.433 e. The summed E-state index contributed by atoms with van der Waals surface area (Å²) < 4.78 is 70.0. The fourth-order valence-electron chi connectivity index (χ4n) is 7.56. The fourth-order valence-corrected chi connectivity index (χ4v) is 7.56. The second-order valence-corrected chi connectivity index (χ2v) is 14.7. The molecule has 0 radical (unpaired) electrons. The summed E-state index contributed by atoms with van der Waals surface area (Å²) in [5.74, 6) is -3.57. The van der Waals surface area contributed by atoms with Gasteiger partial charge in [0.25, 0.3) is 5.91 Å². The SMILES string of the molecule is CC(C)(O)c1cc(N)c(C=NC2CCC(N3CCN(c4cc(F)c([C@H]5CCC(=O)NC5O)c(F)c4)CC3)CC2)cc1NC(=O)c1cccc(C(F)(F)F)n1. The Balaban J connectivity index is 1.05. The van der Waals surface area contributed by atoms with Crippen molar-refractivity contribution in [3.8, 4) is 0 Å². The summed E-state index contributed by atoms with van der Waals surface area (Å²) in [6.45, 7) is 5.59. The Bertz CT molecular complexity index is 1880. The van der Waals surface area contributed by atoms with Gasteiger partial charge in [-0.15, -0.1) is 0 Å². The van der Waals surface area contributed by atoms with E-state index in [1.165, 1.54) is 44.2 Å². The van der Waals surface area contributed by atoms with Crippen molar-refractivity contribution in [2.75, 3.05) is 42.1 Å². The zero-order chi connectivity index (χ0) is 38.9. The number of aliphatic hydroxyl groups excluding tert-OH is 1. The van der Waals surface area contributed by atoms with Crippen molar-refractivity contribution in [1.82, 2.24) is 15.2 Å². The van der Waals surface area contributed by atoms with Gasteiger partial charge in [-0.1, -0.05) is 6.07 Å². The summed E-state index contributed by atoms with van der Waals surface area (Å²) in [5.41, 5.74) is 4.64. The Labute approximate surface area is 309 Å². The van der Waals surface area contributed by atoms with Crippen LogP contribution in [0.25, 0.3) is 0 Å². The van der Waals surface area contributed by atoms with E-state index < -0.39 is 52.9 Å². The lowest BCUT2D eigenvalue weighted by Crippen LogP contribution is -2.51. The predicted molar refractivity (Wildman–Crippen MR) is 193 cm³/mol. The van der Waals surface area contributed by atoms with E-state index in [9.17, 15) is 33.0 Å². The average molecular weight is 758 g/mol. The zero-order valence-corrected chi connectivity index (χ0v) is 30.0. The molecule has 3 aromatic rings. The van der Waals surface area contributed by atoms with Crippen LogP contribution < -0.4 is 21.3 Å². The predicted octanol–water partition coefficient (Wildman–Crippen LogP) is 5.30. The summed E-state index contributed by atoms with van der Waals surface area (Å²) in [5, 5.41) is 25.9. The van der Waals surface area contributed by atoms with Gasteiger partial charge in [-0.3, -0.25) is 19.5 Å². The molecular weight excluding hydrogens is 713 g/mol. The molecule has 6 rings (SSSR count). The second-order valence-electron chi connectivity index (χ2n) is 14.7. The molecule has 1 saturated carbocycles. The van der Waals surface area contributed by atoms with Gasteiger partial charge in [0.1, 0.15) is 29.3 Å². The molecule has 1 aliphatic carbocycles. The number of amides is 2. The first-order valence-corrected chi connectivity index (χ1v) is 18.0. The van der Waals surface area contributed by atoms with Crippen LogP contribution in [0.15, 0.2) is 47.5 Å². The third-order valence-electron chi connectivity index (χ3n) is 10.5. The second kappa shape index (κ2) is 15.6. The molecule has 0 spiro atoms. The number of aliphatic hydroxyl groups is 2. The molecule has 2 aromatic carbocycles. The van der Waals surface area contributed by atoms with Crippen LogP contribution in [0, 0.1) is 11.6 Å². The van der Waals surface area contributed by atoms with Crippen molar-refractivity contribution in [2.24, 2.45) is 4.99 Å². The van der Waals surface area contributed by atoms with Crippen molar-refractivity contribution in [3.05, 3.63) is 82.2 Å². The number of carbonyl (C=O) groups is 2. The quantitative estimate of drug-likeness (QED) is 0.118. The summed E-state index contributed by atoms with van der Waals surface area (Å²) in [7, 11) is 0. The van der Waals surface area contributed by atoms with Crippen molar-refractivity contribution in [3.63, 3.8) is 0 Å². The molecule has 2 aliphatic heterocycles. The smallest absolute Gasteiger partial charge is 0.398 e. The number of aromatic nitrogens is 1. The van der Waals surface area contributed by atoms with Crippen molar-refractivity contribution < 1.29 is 41.8 Å². The molecule has 1 aromatic heterocycles. The zero-order valence-electron chi connectivity index (χ0n) is 30.0. The largest absolute Gasteiger partial charge is 0.433 e. The first kappa shape index (κ1) is 39.0. The number of anilines is 3. The van der Waals surface area contributed by atoms with Gasteiger partial charge >= 0.3 is 6.18 Å². The van der Waals surface area contributed by atoms with Crippen LogP contribution in [-0.2, 0) is 16.6 Å². The number of piperazine rings is 1. The standard InChI is InChI=1S/C38H44F5N7O4/c1-37(2,54)26-19-29(44)21(16-31(26)47-36(53)30-4-3-5-32(46-30)38(41,42)43)20-45-22-6-8-23(9-7-22)49-12-14-50(15-13-49)24-17-27(39)34(28(40)18-24)25-10-11-33(51)48-35(25)52/h3-5,16-20,22-23,25,35,52,54H,6-15,44H2,1-2H3,(H,47,53)(H,48,51)/t22?,23?,25-,35?/m1/s1. The van der Waals surface area contributed by atoms with E-state index in [0.717, 1.165) is 37.8 Å². The lowest BCUT2D eigenvalue weighted by molar-refractivity contribution is -0.141. The van der Waals surface area contributed by atoms with E-state index in [-0.39, 0.29) is 41.6 Å². The number of piperidine rings is 1. The number of rotatable bonds is 8. The van der Waals surface area contributed by atoms with Gasteiger partial charge in [0.2, 0.25) is 5.91 Å². The average Bonchev–Trinajstić information content (AvgIpc) is 3.11. The molecule has 2 saturated heterocycles. The first-order chi connectivity index (χ1) is 25.5. The molecular formula is C38H44F5N7O4. The van der Waals surface area contributed by atoms with Gasteiger partial charge in [0, 0.05) is 84.5 Å². The third-order valence-corrected chi connectivity index (χ3v) is 10.5. The van der Waals surface area contributed by atoms with Crippen molar-refractivity contribution in [1.29, 1.82) is 0 Å². The van der Waals surface area contributed by atoms with Crippen LogP contribution in [0.3, 0.4) is 0 Å². The molecule has 1 unspecified atom stereocenters. The summed E-state index contributed by atoms with van der Waals surface area (Å²) in [4.78, 5) is 37.1. The molecule has 2 amide bonds. The number of benzene rings is 2. The van der Waals surface area contributed by atoms with Crippen LogP contribution in [0.1, 0.15) is 91.2 Å². The molecule has 0 bridgehead atoms. The Kier molecular flexibility index (Phi) is 11.3. The minimum atomic E-state index is -4.73. The Morgan fingerprint density at radius 1 is 1.02 bits per heavy atom. The van der Waals surface area contributed by atoms with E-state index in [1.807, 2.05) is 4.90 Å². The molecule has 16 heteroatoms. The van der Waals surface area contributed by atoms with Crippen LogP contribution >= 0.6 is 0 Å². The van der Waals surface area contributed by atoms with E-state index in [2.05, 4.69) is 20.5 Å². The van der Waals surface area contributed by atoms with Gasteiger partial charge in [0.05, 0.1) is 11.6 Å². The Morgan fingerprint density at radius 2 is 1.69 bits per heavy atom. The number of nitrogens with zero attached hydrogens (tertiary/aromatic N) is 4. The topological polar surface area (TPSA) is 156 Å². The number of nitrogens with two attached hydrogens (primary N) is 1. The Morgan fingerprint density at radius 3 is 2.30 bits per heavy atom. The van der Waals surface area contributed by atoms with Gasteiger partial charge in [-0.05, 0) is 82.3 Å². The van der Waals surface area contributed by atoms with Crippen molar-refractivity contribution >= 4 is 35.1 Å². The normalized spacial score (nSPS) is 23.1. The number of hydrogen-bond acceptors (Lipinski definition) is 9. The monoisotopic (exact) mass is 757 g/mol. The third kappa shape index (κ3) is 8.82. The van der Waals surface area contributed by atoms with E-state index in [1.54, 1.807) is 6.21 Å². The molecule has 2 atom stereocenters. The number of alkyl halides is 3. The fraction of sp³-hybridized carbons (Fsp3) is 0.474. The van der Waals surface area contributed by atoms with Crippen LogP contribution in [0.4, 0.5) is 39.0 Å². The molecule has 6 N–H and O–H groups in total. The van der Waals surface area contributed by atoms with Gasteiger partial charge in [-0.2, -0.15) is 13.2 Å². The lowest BCUT2D eigenvalue weighted by atomic mass is 9.88. The number of carbonyl (C=O) groups excluding carboxylic acids is 2. The summed E-state index contributed by atoms with van der Waals surface area (Å²) >= 11 is 0. The number of hydrogen-bond donors (Lipinski definition) is 5. The maximum absolute atomic E-state index is 15.2. The Hall–Kier alpha value is -4.67. The molecule has 3 aliphatic rings. The van der Waals surface area contributed by atoms with Crippen LogP contribution in [0.5, 0.6) is 0 Å². The highest BCUT2D eigenvalue weighted by molar-refractivity contribution is 6.04. The minimum absolute atomic E-state index is 0.00344. The highest BCUT2D eigenvalue weighted by atomic mass is 19.4. The van der Waals surface area contributed by atoms with Crippen LogP contribution in [-0.4, -0.2) is 82.6 Å². The summed E-state index contributed by atoms with van der Waals surface area (Å²) in [6.07, 6.45) is -0.831. The number of aliphatic imine (C=N–C) groups is 1. The number of nitrogen functional groups attached to an aromatic ring is 1. The highest BCUT2D eigenvalue weighted by Crippen LogP contribution is 2.36. The number of pyridine rings is 1. The van der Waals surface area contributed by atoms with Gasteiger partial charge in [0.15, 0.2) is 0 Å². The van der Waals surface area contributed by atoms with Crippen LogP contribution in [0.2, 0.25) is 0 Å². The number of nitrogens with one attached hydrogen (secondary N) is 2. The molecule has 54 heavy (non-hydrogen) atoms. The van der Waals surface area contributed by atoms with Crippen molar-refractivity contribution in [2.45, 2.75) is 88.4 Å².